The molecule has 0 aromatic heterocycles. The number of allylic oxidation sites excluding steroid dienone is 1. The minimum Gasteiger partial charge on any atom is -0.327 e. The summed E-state index contributed by atoms with van der Waals surface area (Å²) >= 11 is 0. The second-order valence-electron chi connectivity index (χ2n) is 3.04. The van der Waals surface area contributed by atoms with Crippen molar-refractivity contribution in [3.05, 3.63) is 11.5 Å². The number of hydrogen-bond donors (Lipinski definition) is 1. The van der Waals surface area contributed by atoms with Gasteiger partial charge < -0.3 is 5.73 Å². The summed E-state index contributed by atoms with van der Waals surface area (Å²) in [6.45, 7) is 4.02. The van der Waals surface area contributed by atoms with Crippen molar-refractivity contribution in [3.8, 4) is 0 Å². The second kappa shape index (κ2) is 7.50. The third-order valence-corrected chi connectivity index (χ3v) is 2.75. The van der Waals surface area contributed by atoms with Crippen molar-refractivity contribution < 1.29 is 4.21 Å². The topological polar surface area (TPSA) is 43.1 Å². The largest absolute Gasteiger partial charge is 0.327 e. The van der Waals surface area contributed by atoms with Gasteiger partial charge in [0.15, 0.2) is 0 Å². The molecule has 0 aliphatic rings. The van der Waals surface area contributed by atoms with Crippen LogP contribution < -0.4 is 5.73 Å². The molecule has 2 atom stereocenters. The monoisotopic (exact) mass is 189 g/mol. The minimum atomic E-state index is -0.859. The van der Waals surface area contributed by atoms with Crippen LogP contribution in [0.5, 0.6) is 0 Å². The first-order valence-electron chi connectivity index (χ1n) is 4.46. The Balaban J connectivity index is 3.47. The zero-order chi connectivity index (χ0) is 9.40. The van der Waals surface area contributed by atoms with Gasteiger partial charge in [0.25, 0.3) is 0 Å². The molecule has 2 N–H and O–H groups in total. The molecule has 3 heteroatoms. The van der Waals surface area contributed by atoms with Gasteiger partial charge in [0.1, 0.15) is 0 Å². The molecule has 0 unspecified atom stereocenters. The fourth-order valence-electron chi connectivity index (χ4n) is 0.812. The van der Waals surface area contributed by atoms with Crippen molar-refractivity contribution in [1.82, 2.24) is 0 Å². The third kappa shape index (κ3) is 7.95. The molecule has 0 aliphatic carbocycles. The quantitative estimate of drug-likeness (QED) is 0.647. The standard InChI is InChI=1S/C9H19NOS/c1-3-4-5-6-7-12(11)8-9(2)10/h6-7,9H,3-5,8,10H2,1-2H3/b7-6+/t9-,12-/m0/s1. The summed E-state index contributed by atoms with van der Waals surface area (Å²) in [5, 5.41) is 1.76. The van der Waals surface area contributed by atoms with E-state index in [9.17, 15) is 4.21 Å². The molecule has 0 amide bonds. The Hall–Kier alpha value is -0.150. The molecular formula is C9H19NOS. The average molecular weight is 189 g/mol. The summed E-state index contributed by atoms with van der Waals surface area (Å²) in [5.74, 6) is 0.572. The van der Waals surface area contributed by atoms with Gasteiger partial charge in [0.05, 0.1) is 0 Å². The summed E-state index contributed by atoms with van der Waals surface area (Å²) in [5.41, 5.74) is 5.50. The zero-order valence-electron chi connectivity index (χ0n) is 7.95. The van der Waals surface area contributed by atoms with E-state index in [1.165, 1.54) is 12.8 Å². The minimum absolute atomic E-state index is 0.0293. The van der Waals surface area contributed by atoms with Gasteiger partial charge >= 0.3 is 0 Å². The van der Waals surface area contributed by atoms with Crippen LogP contribution in [-0.2, 0) is 10.8 Å². The molecule has 0 fully saturated rings. The van der Waals surface area contributed by atoms with Crippen LogP contribution in [0.25, 0.3) is 0 Å². The molecular weight excluding hydrogens is 170 g/mol. The molecule has 0 bridgehead atoms. The van der Waals surface area contributed by atoms with Gasteiger partial charge in [-0.05, 0) is 18.8 Å². The molecule has 0 aromatic carbocycles. The first-order valence-corrected chi connectivity index (χ1v) is 5.84. The number of hydrogen-bond acceptors (Lipinski definition) is 2. The smallest absolute Gasteiger partial charge is 0.0468 e. The Labute approximate surface area is 77.7 Å². The molecule has 0 spiro atoms. The Morgan fingerprint density at radius 3 is 2.75 bits per heavy atom. The molecule has 12 heavy (non-hydrogen) atoms. The van der Waals surface area contributed by atoms with Crippen molar-refractivity contribution >= 4 is 10.8 Å². The first-order chi connectivity index (χ1) is 5.66. The van der Waals surface area contributed by atoms with E-state index in [4.69, 9.17) is 5.73 Å². The number of nitrogens with two attached hydrogens (primary N) is 1. The van der Waals surface area contributed by atoms with Gasteiger partial charge in [-0.25, -0.2) is 0 Å². The molecule has 2 nitrogen and oxygen atoms in total. The summed E-state index contributed by atoms with van der Waals surface area (Å²) in [6.07, 6.45) is 5.37. The van der Waals surface area contributed by atoms with Gasteiger partial charge in [0, 0.05) is 22.6 Å². The Bertz CT molecular complexity index is 155. The highest BCUT2D eigenvalue weighted by atomic mass is 32.2. The maximum absolute atomic E-state index is 11.2. The van der Waals surface area contributed by atoms with E-state index in [0.29, 0.717) is 5.75 Å². The van der Waals surface area contributed by atoms with E-state index in [0.717, 1.165) is 6.42 Å². The molecule has 0 saturated carbocycles. The zero-order valence-corrected chi connectivity index (χ0v) is 8.77. The van der Waals surface area contributed by atoms with Gasteiger partial charge in [0.2, 0.25) is 0 Å². The van der Waals surface area contributed by atoms with Crippen molar-refractivity contribution in [2.45, 2.75) is 39.2 Å². The Morgan fingerprint density at radius 1 is 1.58 bits per heavy atom. The first kappa shape index (κ1) is 11.8. The van der Waals surface area contributed by atoms with Gasteiger partial charge in [-0.2, -0.15) is 0 Å². The van der Waals surface area contributed by atoms with E-state index in [1.807, 2.05) is 13.0 Å². The van der Waals surface area contributed by atoms with Crippen LogP contribution in [0.4, 0.5) is 0 Å². The van der Waals surface area contributed by atoms with Crippen LogP contribution in [0.3, 0.4) is 0 Å². The van der Waals surface area contributed by atoms with Crippen molar-refractivity contribution in [3.63, 3.8) is 0 Å². The lowest BCUT2D eigenvalue weighted by Gasteiger charge is -1.99. The summed E-state index contributed by atoms with van der Waals surface area (Å²) in [7, 11) is -0.859. The Morgan fingerprint density at radius 2 is 2.25 bits per heavy atom. The maximum Gasteiger partial charge on any atom is 0.0468 e. The maximum atomic E-state index is 11.2. The molecule has 0 radical (unpaired) electrons. The molecule has 0 aromatic rings. The second-order valence-corrected chi connectivity index (χ2v) is 4.41. The van der Waals surface area contributed by atoms with Gasteiger partial charge in [-0.3, -0.25) is 4.21 Å². The fourth-order valence-corrected chi connectivity index (χ4v) is 1.79. The van der Waals surface area contributed by atoms with Crippen LogP contribution >= 0.6 is 0 Å². The highest BCUT2D eigenvalue weighted by Crippen LogP contribution is 1.97. The molecule has 0 heterocycles. The van der Waals surface area contributed by atoms with E-state index in [1.54, 1.807) is 5.41 Å². The SMILES string of the molecule is CCCC/C=C/[S@](=O)C[C@H](C)N. The average Bonchev–Trinajstić information content (AvgIpc) is 1.97. The lowest BCUT2D eigenvalue weighted by Crippen LogP contribution is -2.21. The lowest BCUT2D eigenvalue weighted by molar-refractivity contribution is 0.682. The summed E-state index contributed by atoms with van der Waals surface area (Å²) in [6, 6.07) is 0.0293. The predicted octanol–water partition coefficient (Wildman–Crippen LogP) is 1.79. The predicted molar refractivity (Wildman–Crippen MR) is 55.3 cm³/mol. The Kier molecular flexibility index (Phi) is 7.40. The lowest BCUT2D eigenvalue weighted by atomic mass is 10.2. The van der Waals surface area contributed by atoms with E-state index >= 15 is 0 Å². The van der Waals surface area contributed by atoms with Crippen molar-refractivity contribution in [2.24, 2.45) is 5.73 Å². The van der Waals surface area contributed by atoms with Gasteiger partial charge in [-0.15, -0.1) is 0 Å². The van der Waals surface area contributed by atoms with Crippen molar-refractivity contribution in [2.75, 3.05) is 5.75 Å². The molecule has 72 valence electrons. The summed E-state index contributed by atoms with van der Waals surface area (Å²) in [4.78, 5) is 0. The van der Waals surface area contributed by atoms with Crippen LogP contribution in [0.15, 0.2) is 11.5 Å². The normalized spacial score (nSPS) is 16.6. The molecule has 0 saturated heterocycles. The van der Waals surface area contributed by atoms with Crippen LogP contribution in [0, 0.1) is 0 Å². The molecule has 0 rings (SSSR count). The molecule has 0 aliphatic heterocycles. The van der Waals surface area contributed by atoms with E-state index < -0.39 is 10.8 Å². The van der Waals surface area contributed by atoms with E-state index in [2.05, 4.69) is 6.92 Å². The van der Waals surface area contributed by atoms with Gasteiger partial charge in [-0.1, -0.05) is 25.8 Å². The van der Waals surface area contributed by atoms with Crippen LogP contribution in [0.1, 0.15) is 33.1 Å². The number of rotatable bonds is 6. The number of unbranched alkanes of at least 4 members (excludes halogenated alkanes) is 2. The van der Waals surface area contributed by atoms with Crippen molar-refractivity contribution in [1.29, 1.82) is 0 Å². The highest BCUT2D eigenvalue weighted by Gasteiger charge is 1.97. The van der Waals surface area contributed by atoms with Crippen LogP contribution in [-0.4, -0.2) is 16.0 Å². The van der Waals surface area contributed by atoms with E-state index in [-0.39, 0.29) is 6.04 Å². The van der Waals surface area contributed by atoms with Crippen LogP contribution in [0.2, 0.25) is 0 Å². The highest BCUT2D eigenvalue weighted by molar-refractivity contribution is 7.88. The fraction of sp³-hybridized carbons (Fsp3) is 0.778. The third-order valence-electron chi connectivity index (χ3n) is 1.40. The summed E-state index contributed by atoms with van der Waals surface area (Å²) < 4.78 is 11.2.